The molecule has 0 saturated carbocycles. The maximum Gasteiger partial charge on any atom is 0.254 e. The molecule has 0 fully saturated rings. The number of nitrogens with zero attached hydrogens (tertiary/aromatic N) is 1. The molecule has 0 spiro atoms. The van der Waals surface area contributed by atoms with Crippen molar-refractivity contribution in [3.63, 3.8) is 0 Å². The molecule has 0 saturated heterocycles. The molecule has 1 aromatic carbocycles. The van der Waals surface area contributed by atoms with Gasteiger partial charge in [-0.15, -0.1) is 0 Å². The summed E-state index contributed by atoms with van der Waals surface area (Å²) in [6.45, 7) is 6.40. The van der Waals surface area contributed by atoms with E-state index >= 15 is 0 Å². The van der Waals surface area contributed by atoms with Crippen molar-refractivity contribution in [1.82, 2.24) is 4.90 Å². The predicted molar refractivity (Wildman–Crippen MR) is 82.6 cm³/mol. The molecular formula is C16H18BrNO2. The minimum absolute atomic E-state index is 0.0153. The number of carbonyl (C=O) groups is 1. The summed E-state index contributed by atoms with van der Waals surface area (Å²) >= 11 is 3.38. The second kappa shape index (κ2) is 6.27. The first-order chi connectivity index (χ1) is 9.47. The Morgan fingerprint density at radius 1 is 1.20 bits per heavy atom. The molecule has 0 unspecified atom stereocenters. The number of carbonyl (C=O) groups excluding carboxylic acids is 1. The van der Waals surface area contributed by atoms with Crippen molar-refractivity contribution < 1.29 is 9.21 Å². The zero-order chi connectivity index (χ0) is 14.7. The number of halogens is 1. The lowest BCUT2D eigenvalue weighted by Crippen LogP contribution is -2.36. The van der Waals surface area contributed by atoms with Crippen LogP contribution in [0.4, 0.5) is 0 Å². The molecule has 0 N–H and O–H groups in total. The fraction of sp³-hybridized carbons (Fsp3) is 0.312. The van der Waals surface area contributed by atoms with Gasteiger partial charge in [0.1, 0.15) is 11.5 Å². The summed E-state index contributed by atoms with van der Waals surface area (Å²) in [6, 6.07) is 11.4. The van der Waals surface area contributed by atoms with Crippen LogP contribution in [0.25, 0.3) is 0 Å². The summed E-state index contributed by atoms with van der Waals surface area (Å²) in [5, 5.41) is 0. The van der Waals surface area contributed by atoms with Gasteiger partial charge in [0.05, 0.1) is 6.54 Å². The van der Waals surface area contributed by atoms with Crippen molar-refractivity contribution in [2.24, 2.45) is 0 Å². The highest BCUT2D eigenvalue weighted by atomic mass is 79.9. The van der Waals surface area contributed by atoms with Gasteiger partial charge < -0.3 is 9.32 Å². The average Bonchev–Trinajstić information content (AvgIpc) is 2.81. The van der Waals surface area contributed by atoms with Gasteiger partial charge in [0.25, 0.3) is 5.91 Å². The van der Waals surface area contributed by atoms with E-state index in [1.54, 1.807) is 0 Å². The van der Waals surface area contributed by atoms with Crippen LogP contribution >= 0.6 is 15.9 Å². The fourth-order valence-corrected chi connectivity index (χ4v) is 2.25. The molecule has 0 bridgehead atoms. The Balaban J connectivity index is 2.19. The van der Waals surface area contributed by atoms with E-state index in [0.29, 0.717) is 12.1 Å². The largest absolute Gasteiger partial charge is 0.464 e. The van der Waals surface area contributed by atoms with E-state index < -0.39 is 0 Å². The zero-order valence-electron chi connectivity index (χ0n) is 11.9. The lowest BCUT2D eigenvalue weighted by molar-refractivity contribution is 0.0675. The summed E-state index contributed by atoms with van der Waals surface area (Å²) in [4.78, 5) is 14.4. The Morgan fingerprint density at radius 3 is 2.35 bits per heavy atom. The van der Waals surface area contributed by atoms with E-state index in [1.807, 2.05) is 62.1 Å². The van der Waals surface area contributed by atoms with Gasteiger partial charge in [0.2, 0.25) is 0 Å². The number of rotatable bonds is 4. The third-order valence-corrected chi connectivity index (χ3v) is 3.63. The van der Waals surface area contributed by atoms with Crippen molar-refractivity contribution in [3.8, 4) is 0 Å². The van der Waals surface area contributed by atoms with Gasteiger partial charge in [-0.3, -0.25) is 4.79 Å². The van der Waals surface area contributed by atoms with Crippen LogP contribution in [0.2, 0.25) is 0 Å². The molecule has 1 amide bonds. The van der Waals surface area contributed by atoms with Crippen molar-refractivity contribution in [2.45, 2.75) is 33.4 Å². The van der Waals surface area contributed by atoms with Crippen molar-refractivity contribution in [2.75, 3.05) is 0 Å². The first-order valence-corrected chi connectivity index (χ1v) is 7.38. The zero-order valence-corrected chi connectivity index (χ0v) is 13.5. The lowest BCUT2D eigenvalue weighted by Gasteiger charge is -2.26. The van der Waals surface area contributed by atoms with Gasteiger partial charge in [0.15, 0.2) is 0 Å². The second-order valence-electron chi connectivity index (χ2n) is 5.05. The first kappa shape index (κ1) is 14.9. The number of hydrogen-bond donors (Lipinski definition) is 0. The van der Waals surface area contributed by atoms with E-state index in [1.165, 1.54) is 0 Å². The Labute approximate surface area is 127 Å². The van der Waals surface area contributed by atoms with Gasteiger partial charge in [0, 0.05) is 16.1 Å². The van der Waals surface area contributed by atoms with Crippen LogP contribution in [0.15, 0.2) is 45.3 Å². The van der Waals surface area contributed by atoms with Crippen LogP contribution in [0.5, 0.6) is 0 Å². The Hall–Kier alpha value is -1.55. The monoisotopic (exact) mass is 335 g/mol. The standard InChI is InChI=1S/C16H18BrNO2/c1-11(2)18(10-15-9-4-12(3)20-15)16(19)13-5-7-14(17)8-6-13/h4-9,11H,10H2,1-3H3. The molecule has 3 nitrogen and oxygen atoms in total. The van der Waals surface area contributed by atoms with Crippen LogP contribution in [0.1, 0.15) is 35.7 Å². The summed E-state index contributed by atoms with van der Waals surface area (Å²) in [6.07, 6.45) is 0. The molecule has 2 aromatic rings. The SMILES string of the molecule is Cc1ccc(CN(C(=O)c2ccc(Br)cc2)C(C)C)o1. The van der Waals surface area contributed by atoms with E-state index in [2.05, 4.69) is 15.9 Å². The lowest BCUT2D eigenvalue weighted by atomic mass is 10.1. The molecule has 1 heterocycles. The van der Waals surface area contributed by atoms with Gasteiger partial charge in [-0.25, -0.2) is 0 Å². The highest BCUT2D eigenvalue weighted by Gasteiger charge is 2.20. The smallest absolute Gasteiger partial charge is 0.254 e. The highest BCUT2D eigenvalue weighted by Crippen LogP contribution is 2.17. The number of amides is 1. The maximum atomic E-state index is 12.6. The number of hydrogen-bond acceptors (Lipinski definition) is 2. The maximum absolute atomic E-state index is 12.6. The third-order valence-electron chi connectivity index (χ3n) is 3.10. The molecule has 4 heteroatoms. The normalized spacial score (nSPS) is 10.8. The summed E-state index contributed by atoms with van der Waals surface area (Å²) in [7, 11) is 0. The minimum Gasteiger partial charge on any atom is -0.464 e. The fourth-order valence-electron chi connectivity index (χ4n) is 1.99. The topological polar surface area (TPSA) is 33.5 Å². The average molecular weight is 336 g/mol. The quantitative estimate of drug-likeness (QED) is 0.829. The number of benzene rings is 1. The second-order valence-corrected chi connectivity index (χ2v) is 5.96. The van der Waals surface area contributed by atoms with E-state index in [-0.39, 0.29) is 11.9 Å². The van der Waals surface area contributed by atoms with Gasteiger partial charge in [-0.2, -0.15) is 0 Å². The number of furan rings is 1. The van der Waals surface area contributed by atoms with E-state index in [0.717, 1.165) is 16.0 Å². The van der Waals surface area contributed by atoms with Gasteiger partial charge >= 0.3 is 0 Å². The molecule has 0 aliphatic rings. The highest BCUT2D eigenvalue weighted by molar-refractivity contribution is 9.10. The Bertz CT molecular complexity index is 587. The summed E-state index contributed by atoms with van der Waals surface area (Å²) < 4.78 is 6.53. The van der Waals surface area contributed by atoms with Gasteiger partial charge in [-0.1, -0.05) is 15.9 Å². The van der Waals surface area contributed by atoms with Crippen LogP contribution in [0.3, 0.4) is 0 Å². The van der Waals surface area contributed by atoms with Gasteiger partial charge in [-0.05, 0) is 57.2 Å². The van der Waals surface area contributed by atoms with Crippen LogP contribution in [0, 0.1) is 6.92 Å². The van der Waals surface area contributed by atoms with Crippen molar-refractivity contribution in [3.05, 3.63) is 58.0 Å². The third kappa shape index (κ3) is 3.51. The van der Waals surface area contributed by atoms with E-state index in [9.17, 15) is 4.79 Å². The molecule has 0 aliphatic heterocycles. The van der Waals surface area contributed by atoms with Crippen molar-refractivity contribution in [1.29, 1.82) is 0 Å². The van der Waals surface area contributed by atoms with Crippen molar-refractivity contribution >= 4 is 21.8 Å². The molecule has 0 aliphatic carbocycles. The summed E-state index contributed by atoms with van der Waals surface area (Å²) in [5.41, 5.74) is 0.685. The molecule has 1 aromatic heterocycles. The molecule has 106 valence electrons. The molecular weight excluding hydrogens is 318 g/mol. The number of aryl methyl sites for hydroxylation is 1. The molecule has 20 heavy (non-hydrogen) atoms. The molecule has 0 radical (unpaired) electrons. The minimum atomic E-state index is 0.0153. The van der Waals surface area contributed by atoms with Crippen LogP contribution in [-0.2, 0) is 6.54 Å². The summed E-state index contributed by atoms with van der Waals surface area (Å²) in [5.74, 6) is 1.68. The Kier molecular flexibility index (Phi) is 4.65. The predicted octanol–water partition coefficient (Wildman–Crippen LogP) is 4.40. The van der Waals surface area contributed by atoms with Crippen LogP contribution in [-0.4, -0.2) is 16.8 Å². The molecule has 2 rings (SSSR count). The Morgan fingerprint density at radius 2 is 1.85 bits per heavy atom. The first-order valence-electron chi connectivity index (χ1n) is 6.59. The molecule has 0 atom stereocenters. The van der Waals surface area contributed by atoms with Crippen LogP contribution < -0.4 is 0 Å². The van der Waals surface area contributed by atoms with E-state index in [4.69, 9.17) is 4.42 Å².